The van der Waals surface area contributed by atoms with Gasteiger partial charge in [-0.2, -0.15) is 0 Å². The summed E-state index contributed by atoms with van der Waals surface area (Å²) in [4.78, 5) is 12.1. The Balaban J connectivity index is 2.82. The van der Waals surface area contributed by atoms with Crippen LogP contribution < -0.4 is 20.5 Å². The van der Waals surface area contributed by atoms with Gasteiger partial charge in [-0.05, 0) is 18.1 Å². The van der Waals surface area contributed by atoms with Crippen molar-refractivity contribution in [3.8, 4) is 11.5 Å². The highest BCUT2D eigenvalue weighted by atomic mass is 16.5. The number of ether oxygens (including phenoxy) is 2. The number of hydrogen-bond acceptors (Lipinski definition) is 4. The molecule has 1 aromatic rings. The van der Waals surface area contributed by atoms with Gasteiger partial charge in [0.2, 0.25) is 0 Å². The van der Waals surface area contributed by atoms with Gasteiger partial charge >= 0.3 is 0 Å². The van der Waals surface area contributed by atoms with Crippen LogP contribution in [0.25, 0.3) is 0 Å². The molecule has 0 aliphatic carbocycles. The zero-order chi connectivity index (χ0) is 14.4. The van der Waals surface area contributed by atoms with E-state index in [1.54, 1.807) is 18.2 Å². The molecule has 1 aromatic carbocycles. The van der Waals surface area contributed by atoms with Crippen molar-refractivity contribution in [2.24, 2.45) is 11.7 Å². The third-order valence-corrected chi connectivity index (χ3v) is 3.00. The van der Waals surface area contributed by atoms with E-state index in [0.717, 1.165) is 0 Å². The number of rotatable bonds is 6. The van der Waals surface area contributed by atoms with Crippen molar-refractivity contribution in [3.05, 3.63) is 23.8 Å². The predicted octanol–water partition coefficient (Wildman–Crippen LogP) is 1.42. The summed E-state index contributed by atoms with van der Waals surface area (Å²) in [6.07, 6.45) is 0. The van der Waals surface area contributed by atoms with Gasteiger partial charge in [0.25, 0.3) is 5.91 Å². The lowest BCUT2D eigenvalue weighted by atomic mass is 10.1. The third kappa shape index (κ3) is 3.86. The second-order valence-electron chi connectivity index (χ2n) is 4.66. The van der Waals surface area contributed by atoms with Gasteiger partial charge in [-0.1, -0.05) is 19.9 Å². The molecule has 1 unspecified atom stereocenters. The summed E-state index contributed by atoms with van der Waals surface area (Å²) in [6.45, 7) is 4.46. The minimum Gasteiger partial charge on any atom is -0.493 e. The quantitative estimate of drug-likeness (QED) is 0.816. The average molecular weight is 266 g/mol. The molecular formula is C14H22N2O3. The minimum atomic E-state index is -0.216. The molecule has 5 heteroatoms. The van der Waals surface area contributed by atoms with Gasteiger partial charge < -0.3 is 20.5 Å². The normalized spacial score (nSPS) is 12.1. The molecule has 0 aliphatic heterocycles. The van der Waals surface area contributed by atoms with Crippen LogP contribution in [0.5, 0.6) is 11.5 Å². The van der Waals surface area contributed by atoms with Crippen LogP contribution in [-0.4, -0.2) is 32.7 Å². The van der Waals surface area contributed by atoms with Crippen molar-refractivity contribution in [3.63, 3.8) is 0 Å². The fraction of sp³-hybridized carbons (Fsp3) is 0.500. The topological polar surface area (TPSA) is 73.6 Å². The van der Waals surface area contributed by atoms with E-state index < -0.39 is 0 Å². The fourth-order valence-electron chi connectivity index (χ4n) is 1.61. The van der Waals surface area contributed by atoms with Crippen molar-refractivity contribution in [1.82, 2.24) is 5.32 Å². The van der Waals surface area contributed by atoms with Crippen molar-refractivity contribution >= 4 is 5.91 Å². The highest BCUT2D eigenvalue weighted by Gasteiger charge is 2.17. The lowest BCUT2D eigenvalue weighted by Crippen LogP contribution is -2.40. The van der Waals surface area contributed by atoms with E-state index >= 15 is 0 Å². The second-order valence-corrected chi connectivity index (χ2v) is 4.66. The van der Waals surface area contributed by atoms with Crippen LogP contribution in [0.3, 0.4) is 0 Å². The zero-order valence-corrected chi connectivity index (χ0v) is 11.9. The maximum absolute atomic E-state index is 12.1. The molecule has 0 saturated carbocycles. The molecule has 1 amide bonds. The first-order valence-corrected chi connectivity index (χ1v) is 6.26. The molecule has 0 spiro atoms. The first-order valence-electron chi connectivity index (χ1n) is 6.26. The minimum absolute atomic E-state index is 0.0689. The van der Waals surface area contributed by atoms with Crippen LogP contribution in [0.1, 0.15) is 24.2 Å². The monoisotopic (exact) mass is 266 g/mol. The van der Waals surface area contributed by atoms with Crippen molar-refractivity contribution in [2.45, 2.75) is 19.9 Å². The summed E-state index contributed by atoms with van der Waals surface area (Å²) in [6, 6.07) is 5.12. The Kier molecular flexibility index (Phi) is 5.63. The zero-order valence-electron chi connectivity index (χ0n) is 11.9. The summed E-state index contributed by atoms with van der Waals surface area (Å²) < 4.78 is 10.4. The van der Waals surface area contributed by atoms with Crippen LogP contribution in [-0.2, 0) is 0 Å². The van der Waals surface area contributed by atoms with E-state index in [4.69, 9.17) is 15.2 Å². The Bertz CT molecular complexity index is 433. The number of para-hydroxylation sites is 1. The Morgan fingerprint density at radius 2 is 2.00 bits per heavy atom. The van der Waals surface area contributed by atoms with Gasteiger partial charge in [0, 0.05) is 12.6 Å². The Labute approximate surface area is 114 Å². The number of carbonyl (C=O) groups excluding carboxylic acids is 1. The second kappa shape index (κ2) is 6.99. The van der Waals surface area contributed by atoms with Crippen LogP contribution in [0.2, 0.25) is 0 Å². The standard InChI is InChI=1S/C14H22N2O3/c1-9(2)11(15)8-16-14(17)10-6-5-7-12(18-3)13(10)19-4/h5-7,9,11H,8,15H2,1-4H3,(H,16,17). The van der Waals surface area contributed by atoms with E-state index in [1.807, 2.05) is 13.8 Å². The van der Waals surface area contributed by atoms with Gasteiger partial charge in [-0.3, -0.25) is 4.79 Å². The molecule has 1 rings (SSSR count). The lowest BCUT2D eigenvalue weighted by Gasteiger charge is -2.17. The van der Waals surface area contributed by atoms with Gasteiger partial charge in [-0.25, -0.2) is 0 Å². The molecule has 0 radical (unpaired) electrons. The SMILES string of the molecule is COc1cccc(C(=O)NCC(N)C(C)C)c1OC. The maximum Gasteiger partial charge on any atom is 0.255 e. The van der Waals surface area contributed by atoms with Crippen LogP contribution in [0, 0.1) is 5.92 Å². The highest BCUT2D eigenvalue weighted by Crippen LogP contribution is 2.30. The number of nitrogens with one attached hydrogen (secondary N) is 1. The lowest BCUT2D eigenvalue weighted by molar-refractivity contribution is 0.0945. The molecule has 0 fully saturated rings. The Morgan fingerprint density at radius 3 is 2.53 bits per heavy atom. The molecule has 0 heterocycles. The van der Waals surface area contributed by atoms with E-state index in [1.165, 1.54) is 14.2 Å². The Morgan fingerprint density at radius 1 is 1.32 bits per heavy atom. The average Bonchev–Trinajstić information content (AvgIpc) is 2.42. The molecule has 0 saturated heterocycles. The molecule has 106 valence electrons. The van der Waals surface area contributed by atoms with Gasteiger partial charge in [0.05, 0.1) is 19.8 Å². The predicted molar refractivity (Wildman–Crippen MR) is 74.7 cm³/mol. The van der Waals surface area contributed by atoms with Crippen LogP contribution in [0.15, 0.2) is 18.2 Å². The number of hydrogen-bond donors (Lipinski definition) is 2. The molecule has 1 atom stereocenters. The van der Waals surface area contributed by atoms with Crippen molar-refractivity contribution in [2.75, 3.05) is 20.8 Å². The molecule has 19 heavy (non-hydrogen) atoms. The summed E-state index contributed by atoms with van der Waals surface area (Å²) in [5.41, 5.74) is 6.34. The molecule has 0 aromatic heterocycles. The number of methoxy groups -OCH3 is 2. The van der Waals surface area contributed by atoms with Crippen LogP contribution in [0.4, 0.5) is 0 Å². The van der Waals surface area contributed by atoms with Gasteiger partial charge in [0.1, 0.15) is 0 Å². The summed E-state index contributed by atoms with van der Waals surface area (Å²) >= 11 is 0. The Hall–Kier alpha value is -1.75. The number of amides is 1. The van der Waals surface area contributed by atoms with Crippen molar-refractivity contribution in [1.29, 1.82) is 0 Å². The molecular weight excluding hydrogens is 244 g/mol. The smallest absolute Gasteiger partial charge is 0.255 e. The van der Waals surface area contributed by atoms with Gasteiger partial charge in [-0.15, -0.1) is 0 Å². The number of nitrogens with two attached hydrogens (primary N) is 1. The number of carbonyl (C=O) groups is 1. The van der Waals surface area contributed by atoms with E-state index in [-0.39, 0.29) is 11.9 Å². The van der Waals surface area contributed by atoms with E-state index in [9.17, 15) is 4.79 Å². The molecule has 0 bridgehead atoms. The number of benzene rings is 1. The third-order valence-electron chi connectivity index (χ3n) is 3.00. The summed E-state index contributed by atoms with van der Waals surface area (Å²) in [5, 5.41) is 2.81. The largest absolute Gasteiger partial charge is 0.493 e. The molecule has 3 N–H and O–H groups in total. The van der Waals surface area contributed by atoms with Gasteiger partial charge in [0.15, 0.2) is 11.5 Å². The molecule has 0 aliphatic rings. The maximum atomic E-state index is 12.1. The van der Waals surface area contributed by atoms with Crippen molar-refractivity contribution < 1.29 is 14.3 Å². The fourth-order valence-corrected chi connectivity index (χ4v) is 1.61. The van der Waals surface area contributed by atoms with Crippen LogP contribution >= 0.6 is 0 Å². The molecule has 5 nitrogen and oxygen atoms in total. The highest BCUT2D eigenvalue weighted by molar-refractivity contribution is 5.97. The first kappa shape index (κ1) is 15.3. The summed E-state index contributed by atoms with van der Waals surface area (Å²) in [5.74, 6) is 1.06. The van der Waals surface area contributed by atoms with E-state index in [0.29, 0.717) is 29.5 Å². The first-order chi connectivity index (χ1) is 9.01. The summed E-state index contributed by atoms with van der Waals surface area (Å²) in [7, 11) is 3.04. The van der Waals surface area contributed by atoms with E-state index in [2.05, 4.69) is 5.32 Å².